The minimum absolute atomic E-state index is 0.122. The van der Waals surface area contributed by atoms with Crippen molar-refractivity contribution < 1.29 is 4.39 Å². The molecule has 3 N–H and O–H groups in total. The summed E-state index contributed by atoms with van der Waals surface area (Å²) in [5.41, 5.74) is 6.18. The van der Waals surface area contributed by atoms with Crippen LogP contribution in [0.5, 0.6) is 0 Å². The van der Waals surface area contributed by atoms with Gasteiger partial charge in [0.15, 0.2) is 0 Å². The predicted molar refractivity (Wildman–Crippen MR) is 48.1 cm³/mol. The molecule has 0 amide bonds. The molecule has 3 heteroatoms. The number of nitrogens with one attached hydrogen (secondary N) is 1. The van der Waals surface area contributed by atoms with Gasteiger partial charge in [0.2, 0.25) is 0 Å². The Bertz CT molecular complexity index is 315. The second-order valence-corrected chi connectivity index (χ2v) is 2.29. The number of benzene rings is 1. The molecule has 1 aromatic carbocycles. The minimum Gasteiger partial charge on any atom is -0.396 e. The van der Waals surface area contributed by atoms with Gasteiger partial charge in [-0.3, -0.25) is 0 Å². The predicted octanol–water partition coefficient (Wildman–Crippen LogP) is 1.45. The van der Waals surface area contributed by atoms with Crippen molar-refractivity contribution in [3.63, 3.8) is 0 Å². The molecule has 0 spiro atoms. The van der Waals surface area contributed by atoms with Crippen LogP contribution in [-0.4, -0.2) is 6.54 Å². The molecule has 0 fully saturated rings. The Morgan fingerprint density at radius 1 is 1.58 bits per heavy atom. The van der Waals surface area contributed by atoms with Gasteiger partial charge < -0.3 is 11.1 Å². The number of halogens is 1. The van der Waals surface area contributed by atoms with E-state index in [0.29, 0.717) is 6.54 Å². The number of terminal acetylenes is 1. The van der Waals surface area contributed by atoms with E-state index in [2.05, 4.69) is 11.2 Å². The first kappa shape index (κ1) is 8.41. The van der Waals surface area contributed by atoms with E-state index < -0.39 is 5.82 Å². The molecule has 0 bridgehead atoms. The van der Waals surface area contributed by atoms with Gasteiger partial charge >= 0.3 is 0 Å². The lowest BCUT2D eigenvalue weighted by Gasteiger charge is -2.03. The van der Waals surface area contributed by atoms with E-state index in [9.17, 15) is 4.39 Å². The van der Waals surface area contributed by atoms with E-state index in [-0.39, 0.29) is 5.69 Å². The van der Waals surface area contributed by atoms with Gasteiger partial charge in [-0.25, -0.2) is 4.39 Å². The molecule has 1 rings (SSSR count). The molecule has 0 saturated heterocycles. The first-order valence-electron chi connectivity index (χ1n) is 3.46. The molecule has 0 aliphatic heterocycles. The first-order valence-corrected chi connectivity index (χ1v) is 3.46. The van der Waals surface area contributed by atoms with Crippen LogP contribution in [0.1, 0.15) is 0 Å². The quantitative estimate of drug-likeness (QED) is 0.513. The molecular weight excluding hydrogens is 155 g/mol. The van der Waals surface area contributed by atoms with E-state index in [1.165, 1.54) is 12.1 Å². The van der Waals surface area contributed by atoms with Crippen molar-refractivity contribution >= 4 is 11.4 Å². The van der Waals surface area contributed by atoms with E-state index in [4.69, 9.17) is 12.2 Å². The fourth-order valence-electron chi connectivity index (χ4n) is 0.807. The second kappa shape index (κ2) is 3.63. The number of hydrogen-bond donors (Lipinski definition) is 2. The number of nitrogens with two attached hydrogens (primary N) is 1. The number of rotatable bonds is 2. The maximum Gasteiger partial charge on any atom is 0.146 e. The molecule has 0 saturated carbocycles. The van der Waals surface area contributed by atoms with Gasteiger partial charge in [-0.15, -0.1) is 6.42 Å². The van der Waals surface area contributed by atoms with Crippen LogP contribution >= 0.6 is 0 Å². The van der Waals surface area contributed by atoms with Crippen LogP contribution in [0.25, 0.3) is 0 Å². The zero-order valence-corrected chi connectivity index (χ0v) is 6.47. The van der Waals surface area contributed by atoms with Gasteiger partial charge in [-0.1, -0.05) is 5.92 Å². The monoisotopic (exact) mass is 164 g/mol. The standard InChI is InChI=1S/C9H9FN2/c1-2-5-12-7-3-4-8(10)9(11)6-7/h1,3-4,6,12H,5,11H2. The van der Waals surface area contributed by atoms with Crippen LogP contribution in [0.2, 0.25) is 0 Å². The smallest absolute Gasteiger partial charge is 0.146 e. The van der Waals surface area contributed by atoms with E-state index in [1.54, 1.807) is 6.07 Å². The molecule has 0 atom stereocenters. The SMILES string of the molecule is C#CCNc1ccc(F)c(N)c1. The molecule has 1 aromatic rings. The highest BCUT2D eigenvalue weighted by atomic mass is 19.1. The zero-order chi connectivity index (χ0) is 8.97. The van der Waals surface area contributed by atoms with E-state index in [0.717, 1.165) is 5.69 Å². The van der Waals surface area contributed by atoms with Crippen LogP contribution < -0.4 is 11.1 Å². The fraction of sp³-hybridized carbons (Fsp3) is 0.111. The number of hydrogen-bond acceptors (Lipinski definition) is 2. The van der Waals surface area contributed by atoms with Crippen molar-refractivity contribution in [2.45, 2.75) is 0 Å². The van der Waals surface area contributed by atoms with Gasteiger partial charge in [0, 0.05) is 5.69 Å². The molecule has 0 heterocycles. The molecule has 0 radical (unpaired) electrons. The van der Waals surface area contributed by atoms with Crippen LogP contribution in [0.15, 0.2) is 18.2 Å². The van der Waals surface area contributed by atoms with Crippen molar-refractivity contribution in [2.75, 3.05) is 17.6 Å². The highest BCUT2D eigenvalue weighted by Gasteiger charge is 1.97. The summed E-state index contributed by atoms with van der Waals surface area (Å²) in [4.78, 5) is 0. The summed E-state index contributed by atoms with van der Waals surface area (Å²) in [5.74, 6) is 1.99. The highest BCUT2D eigenvalue weighted by molar-refractivity contribution is 5.55. The van der Waals surface area contributed by atoms with Crippen molar-refractivity contribution in [1.29, 1.82) is 0 Å². The molecular formula is C9H9FN2. The average Bonchev–Trinajstić information content (AvgIpc) is 2.07. The second-order valence-electron chi connectivity index (χ2n) is 2.29. The summed E-state index contributed by atoms with van der Waals surface area (Å²) in [6.07, 6.45) is 5.03. The molecule has 2 nitrogen and oxygen atoms in total. The summed E-state index contributed by atoms with van der Waals surface area (Å²) in [6.45, 7) is 0.408. The van der Waals surface area contributed by atoms with Crippen LogP contribution in [0, 0.1) is 18.2 Å². The molecule has 0 aliphatic carbocycles. The van der Waals surface area contributed by atoms with Crippen LogP contribution in [0.4, 0.5) is 15.8 Å². The van der Waals surface area contributed by atoms with Crippen LogP contribution in [0.3, 0.4) is 0 Å². The third-order valence-corrected chi connectivity index (χ3v) is 1.39. The van der Waals surface area contributed by atoms with Crippen LogP contribution in [-0.2, 0) is 0 Å². The zero-order valence-electron chi connectivity index (χ0n) is 6.47. The van der Waals surface area contributed by atoms with Crippen molar-refractivity contribution in [3.8, 4) is 12.3 Å². The van der Waals surface area contributed by atoms with Gasteiger partial charge in [0.25, 0.3) is 0 Å². The highest BCUT2D eigenvalue weighted by Crippen LogP contribution is 2.15. The number of anilines is 2. The third-order valence-electron chi connectivity index (χ3n) is 1.39. The fourth-order valence-corrected chi connectivity index (χ4v) is 0.807. The van der Waals surface area contributed by atoms with Gasteiger partial charge in [-0.05, 0) is 18.2 Å². The Kier molecular flexibility index (Phi) is 2.54. The maximum absolute atomic E-state index is 12.6. The van der Waals surface area contributed by atoms with Gasteiger partial charge in [0.1, 0.15) is 5.82 Å². The lowest BCUT2D eigenvalue weighted by molar-refractivity contribution is 0.632. The maximum atomic E-state index is 12.6. The van der Waals surface area contributed by atoms with Crippen molar-refractivity contribution in [3.05, 3.63) is 24.0 Å². The van der Waals surface area contributed by atoms with Crippen molar-refractivity contribution in [2.24, 2.45) is 0 Å². The Balaban J connectivity index is 2.77. The Morgan fingerprint density at radius 2 is 2.33 bits per heavy atom. The van der Waals surface area contributed by atoms with Crippen molar-refractivity contribution in [1.82, 2.24) is 0 Å². The summed E-state index contributed by atoms with van der Waals surface area (Å²) in [6, 6.07) is 4.39. The molecule has 0 aromatic heterocycles. The lowest BCUT2D eigenvalue weighted by Crippen LogP contribution is -1.99. The summed E-state index contributed by atoms with van der Waals surface area (Å²) in [7, 11) is 0. The molecule has 0 aliphatic rings. The summed E-state index contributed by atoms with van der Waals surface area (Å²) >= 11 is 0. The Labute approximate surface area is 70.6 Å². The largest absolute Gasteiger partial charge is 0.396 e. The first-order chi connectivity index (χ1) is 5.74. The molecule has 12 heavy (non-hydrogen) atoms. The Morgan fingerprint density at radius 3 is 2.92 bits per heavy atom. The van der Waals surface area contributed by atoms with Gasteiger partial charge in [0.05, 0.1) is 12.2 Å². The normalized spacial score (nSPS) is 9.00. The third kappa shape index (κ3) is 1.89. The topological polar surface area (TPSA) is 38.0 Å². The molecule has 0 unspecified atom stereocenters. The minimum atomic E-state index is -0.416. The summed E-state index contributed by atoms with van der Waals surface area (Å²) in [5, 5.41) is 2.88. The molecule has 62 valence electrons. The lowest BCUT2D eigenvalue weighted by atomic mass is 10.2. The number of nitrogen functional groups attached to an aromatic ring is 1. The summed E-state index contributed by atoms with van der Waals surface area (Å²) < 4.78 is 12.6. The van der Waals surface area contributed by atoms with E-state index >= 15 is 0 Å². The van der Waals surface area contributed by atoms with Gasteiger partial charge in [-0.2, -0.15) is 0 Å². The average molecular weight is 164 g/mol. The Hall–Kier alpha value is -1.69. The van der Waals surface area contributed by atoms with E-state index in [1.807, 2.05) is 0 Å².